The molecule has 1 aromatic heterocycles. The Kier molecular flexibility index (Phi) is 5.35. The maximum atomic E-state index is 5.84. The minimum atomic E-state index is 0.612. The molecule has 0 atom stereocenters. The van der Waals surface area contributed by atoms with E-state index in [0.717, 1.165) is 5.75 Å². The van der Waals surface area contributed by atoms with Crippen LogP contribution in [0.2, 0.25) is 0 Å². The van der Waals surface area contributed by atoms with Gasteiger partial charge in [0.1, 0.15) is 0 Å². The summed E-state index contributed by atoms with van der Waals surface area (Å²) in [6, 6.07) is 27.3. The summed E-state index contributed by atoms with van der Waals surface area (Å²) < 4.78 is 5.84. The van der Waals surface area contributed by atoms with Crippen molar-refractivity contribution in [3.8, 4) is 11.1 Å². The topological polar surface area (TPSA) is 38.9 Å². The van der Waals surface area contributed by atoms with Crippen molar-refractivity contribution in [3.05, 3.63) is 101 Å². The lowest BCUT2D eigenvalue weighted by Gasteiger charge is -2.08. The molecule has 4 aromatic rings. The monoisotopic (exact) mass is 372 g/mol. The molecule has 0 aliphatic rings. The molecule has 0 spiro atoms. The van der Waals surface area contributed by atoms with Crippen molar-refractivity contribution >= 4 is 11.8 Å². The molecule has 0 saturated carbocycles. The number of nitrogens with zero attached hydrogens (tertiary/aromatic N) is 2. The molecule has 0 unspecified atom stereocenters. The molecule has 0 radical (unpaired) electrons. The van der Waals surface area contributed by atoms with E-state index in [1.165, 1.54) is 27.8 Å². The summed E-state index contributed by atoms with van der Waals surface area (Å²) >= 11 is 1.58. The van der Waals surface area contributed by atoms with Crippen LogP contribution < -0.4 is 0 Å². The highest BCUT2D eigenvalue weighted by atomic mass is 32.2. The number of thioether (sulfide) groups is 1. The highest BCUT2D eigenvalue weighted by Crippen LogP contribution is 2.29. The lowest BCUT2D eigenvalue weighted by Crippen LogP contribution is -1.88. The van der Waals surface area contributed by atoms with E-state index in [-0.39, 0.29) is 0 Å². The molecule has 0 fully saturated rings. The summed E-state index contributed by atoms with van der Waals surface area (Å²) in [5.74, 6) is 1.44. The van der Waals surface area contributed by atoms with Crippen molar-refractivity contribution in [3.63, 3.8) is 0 Å². The third-order valence-electron chi connectivity index (χ3n) is 4.34. The molecule has 134 valence electrons. The lowest BCUT2D eigenvalue weighted by atomic mass is 10.0. The Balaban J connectivity index is 1.45. The van der Waals surface area contributed by atoms with E-state index in [4.69, 9.17) is 4.42 Å². The van der Waals surface area contributed by atoms with Crippen LogP contribution in [0.1, 0.15) is 22.6 Å². The predicted molar refractivity (Wildman–Crippen MR) is 110 cm³/mol. The number of benzene rings is 3. The Morgan fingerprint density at radius 2 is 1.67 bits per heavy atom. The second-order valence-corrected chi connectivity index (χ2v) is 7.37. The third-order valence-corrected chi connectivity index (χ3v) is 5.21. The van der Waals surface area contributed by atoms with Gasteiger partial charge in [-0.15, -0.1) is 10.2 Å². The summed E-state index contributed by atoms with van der Waals surface area (Å²) in [5, 5.41) is 9.01. The van der Waals surface area contributed by atoms with Gasteiger partial charge in [-0.1, -0.05) is 96.2 Å². The van der Waals surface area contributed by atoms with Crippen molar-refractivity contribution in [2.24, 2.45) is 0 Å². The van der Waals surface area contributed by atoms with E-state index >= 15 is 0 Å². The van der Waals surface area contributed by atoms with Crippen molar-refractivity contribution in [2.75, 3.05) is 0 Å². The second-order valence-electron chi connectivity index (χ2n) is 6.44. The largest absolute Gasteiger partial charge is 0.416 e. The fourth-order valence-electron chi connectivity index (χ4n) is 3.05. The molecule has 0 aliphatic heterocycles. The first-order chi connectivity index (χ1) is 13.3. The van der Waals surface area contributed by atoms with E-state index in [2.05, 4.69) is 89.9 Å². The summed E-state index contributed by atoms with van der Waals surface area (Å²) in [4.78, 5) is 0. The van der Waals surface area contributed by atoms with Gasteiger partial charge in [0.15, 0.2) is 0 Å². The highest BCUT2D eigenvalue weighted by Gasteiger charge is 2.10. The van der Waals surface area contributed by atoms with E-state index in [1.807, 2.05) is 6.07 Å². The maximum Gasteiger partial charge on any atom is 0.276 e. The first-order valence-corrected chi connectivity index (χ1v) is 9.90. The smallest absolute Gasteiger partial charge is 0.276 e. The normalized spacial score (nSPS) is 10.9. The van der Waals surface area contributed by atoms with Crippen LogP contribution in [0, 0.1) is 6.92 Å². The zero-order valence-corrected chi connectivity index (χ0v) is 15.9. The minimum Gasteiger partial charge on any atom is -0.416 e. The van der Waals surface area contributed by atoms with Gasteiger partial charge in [-0.3, -0.25) is 0 Å². The number of hydrogen-bond donors (Lipinski definition) is 0. The van der Waals surface area contributed by atoms with Crippen LogP contribution in [-0.2, 0) is 12.2 Å². The van der Waals surface area contributed by atoms with Gasteiger partial charge in [-0.2, -0.15) is 0 Å². The average molecular weight is 372 g/mol. The van der Waals surface area contributed by atoms with Crippen LogP contribution in [0.25, 0.3) is 11.1 Å². The first-order valence-electron chi connectivity index (χ1n) is 8.92. The Labute approximate surface area is 163 Å². The Hall–Kier alpha value is -2.85. The molecule has 3 nitrogen and oxygen atoms in total. The number of hydrogen-bond acceptors (Lipinski definition) is 4. The standard InChI is InChI=1S/C23H20N2OS/c1-17-8-7-9-18(14-17)15-22-24-25-23(26-22)27-16-20-12-5-6-13-21(20)19-10-3-2-4-11-19/h2-14H,15-16H2,1H3. The van der Waals surface area contributed by atoms with E-state index in [0.29, 0.717) is 17.5 Å². The molecule has 0 saturated heterocycles. The second kappa shape index (κ2) is 8.23. The van der Waals surface area contributed by atoms with Crippen LogP contribution in [-0.4, -0.2) is 10.2 Å². The van der Waals surface area contributed by atoms with Gasteiger partial charge in [0.05, 0.1) is 6.42 Å². The Morgan fingerprint density at radius 3 is 2.52 bits per heavy atom. The molecule has 27 heavy (non-hydrogen) atoms. The highest BCUT2D eigenvalue weighted by molar-refractivity contribution is 7.98. The molecule has 0 bridgehead atoms. The van der Waals surface area contributed by atoms with Crippen molar-refractivity contribution in [1.29, 1.82) is 0 Å². The van der Waals surface area contributed by atoms with Gasteiger partial charge in [0.25, 0.3) is 5.22 Å². The molecule has 4 heteroatoms. The SMILES string of the molecule is Cc1cccc(Cc2nnc(SCc3ccccc3-c3ccccc3)o2)c1. The number of rotatable bonds is 6. The molecular weight excluding hydrogens is 352 g/mol. The molecular formula is C23H20N2OS. The van der Waals surface area contributed by atoms with Crippen LogP contribution in [0.15, 0.2) is 88.5 Å². The van der Waals surface area contributed by atoms with Crippen molar-refractivity contribution in [2.45, 2.75) is 24.3 Å². The van der Waals surface area contributed by atoms with Gasteiger partial charge in [-0.05, 0) is 29.2 Å². The Bertz CT molecular complexity index is 1030. The fraction of sp³-hybridized carbons (Fsp3) is 0.130. The molecule has 0 N–H and O–H groups in total. The van der Waals surface area contributed by atoms with E-state index in [1.54, 1.807) is 11.8 Å². The molecule has 4 rings (SSSR count). The van der Waals surface area contributed by atoms with Crippen LogP contribution in [0.4, 0.5) is 0 Å². The summed E-state index contributed by atoms with van der Waals surface area (Å²) in [6.07, 6.45) is 0.663. The van der Waals surface area contributed by atoms with Crippen LogP contribution >= 0.6 is 11.8 Å². The first kappa shape index (κ1) is 17.6. The minimum absolute atomic E-state index is 0.612. The van der Waals surface area contributed by atoms with Crippen LogP contribution in [0.5, 0.6) is 0 Å². The van der Waals surface area contributed by atoms with E-state index in [9.17, 15) is 0 Å². The molecule has 0 amide bonds. The zero-order chi connectivity index (χ0) is 18.5. The van der Waals surface area contributed by atoms with Crippen molar-refractivity contribution in [1.82, 2.24) is 10.2 Å². The summed E-state index contributed by atoms with van der Waals surface area (Å²) in [6.45, 7) is 2.09. The number of aryl methyl sites for hydroxylation is 1. The number of aromatic nitrogens is 2. The average Bonchev–Trinajstić information content (AvgIpc) is 3.15. The molecule has 0 aliphatic carbocycles. The Morgan fingerprint density at radius 1 is 0.852 bits per heavy atom. The maximum absolute atomic E-state index is 5.84. The quantitative estimate of drug-likeness (QED) is 0.393. The zero-order valence-electron chi connectivity index (χ0n) is 15.1. The summed E-state index contributed by atoms with van der Waals surface area (Å²) in [7, 11) is 0. The lowest BCUT2D eigenvalue weighted by molar-refractivity contribution is 0.420. The van der Waals surface area contributed by atoms with Gasteiger partial charge < -0.3 is 4.42 Å². The van der Waals surface area contributed by atoms with Gasteiger partial charge in [-0.25, -0.2) is 0 Å². The van der Waals surface area contributed by atoms with Crippen LogP contribution in [0.3, 0.4) is 0 Å². The summed E-state index contributed by atoms with van der Waals surface area (Å²) in [5.41, 5.74) is 6.14. The van der Waals surface area contributed by atoms with Gasteiger partial charge in [0.2, 0.25) is 5.89 Å². The van der Waals surface area contributed by atoms with Gasteiger partial charge >= 0.3 is 0 Å². The third kappa shape index (κ3) is 4.47. The van der Waals surface area contributed by atoms with Gasteiger partial charge in [0, 0.05) is 5.75 Å². The predicted octanol–water partition coefficient (Wildman–Crippen LogP) is 5.93. The fourth-order valence-corrected chi connectivity index (χ4v) is 3.83. The molecule has 1 heterocycles. The molecule has 3 aromatic carbocycles. The van der Waals surface area contributed by atoms with E-state index < -0.39 is 0 Å². The van der Waals surface area contributed by atoms with Crippen molar-refractivity contribution < 1.29 is 4.42 Å².